The number of benzene rings is 1. The minimum Gasteiger partial charge on any atom is -0.444 e. The predicted molar refractivity (Wildman–Crippen MR) is 82.3 cm³/mol. The molecule has 0 saturated heterocycles. The number of aromatic nitrogens is 2. The Morgan fingerprint density at radius 2 is 2.00 bits per heavy atom. The van der Waals surface area contributed by atoms with Crippen molar-refractivity contribution in [2.75, 3.05) is 0 Å². The Kier molecular flexibility index (Phi) is 4.49. The third kappa shape index (κ3) is 4.31. The smallest absolute Gasteiger partial charge is 0.408 e. The molecule has 0 saturated carbocycles. The predicted octanol–water partition coefficient (Wildman–Crippen LogP) is 3.38. The largest absolute Gasteiger partial charge is 0.444 e. The van der Waals surface area contributed by atoms with Crippen LogP contribution in [0.2, 0.25) is 0 Å². The first-order valence-corrected chi connectivity index (χ1v) is 7.12. The van der Waals surface area contributed by atoms with E-state index in [1.54, 1.807) is 20.8 Å². The Balaban J connectivity index is 1.99. The van der Waals surface area contributed by atoms with Gasteiger partial charge in [0.1, 0.15) is 12.1 Å². The standard InChI is InChI=1S/C16H21N3O3/c1-10-6-7-12(8-11(10)2)14-18-13(22-19-14)9-17-15(20)21-16(3,4)5/h6-8H,9H2,1-5H3,(H,17,20). The Morgan fingerprint density at radius 3 is 2.64 bits per heavy atom. The van der Waals surface area contributed by atoms with Crippen molar-refractivity contribution < 1.29 is 14.1 Å². The van der Waals surface area contributed by atoms with Crippen molar-refractivity contribution in [2.24, 2.45) is 0 Å². The SMILES string of the molecule is Cc1ccc(-c2noc(CNC(=O)OC(C)(C)C)n2)cc1C. The summed E-state index contributed by atoms with van der Waals surface area (Å²) in [6.07, 6.45) is -0.515. The number of carbonyl (C=O) groups excluding carboxylic acids is 1. The van der Waals surface area contributed by atoms with E-state index in [9.17, 15) is 4.79 Å². The van der Waals surface area contributed by atoms with Crippen LogP contribution in [0.1, 0.15) is 37.8 Å². The number of carbonyl (C=O) groups is 1. The van der Waals surface area contributed by atoms with E-state index in [0.29, 0.717) is 11.7 Å². The molecule has 0 fully saturated rings. The van der Waals surface area contributed by atoms with Crippen molar-refractivity contribution in [3.8, 4) is 11.4 Å². The fourth-order valence-electron chi connectivity index (χ4n) is 1.79. The van der Waals surface area contributed by atoms with E-state index in [-0.39, 0.29) is 6.54 Å². The van der Waals surface area contributed by atoms with Gasteiger partial charge in [0.2, 0.25) is 11.7 Å². The van der Waals surface area contributed by atoms with Crippen LogP contribution in [0.5, 0.6) is 0 Å². The molecule has 118 valence electrons. The number of alkyl carbamates (subject to hydrolysis) is 1. The van der Waals surface area contributed by atoms with Crippen molar-refractivity contribution in [3.63, 3.8) is 0 Å². The minimum absolute atomic E-state index is 0.132. The Bertz CT molecular complexity index is 672. The molecule has 1 heterocycles. The second kappa shape index (κ2) is 6.17. The van der Waals surface area contributed by atoms with E-state index in [0.717, 1.165) is 11.1 Å². The molecule has 0 aliphatic heterocycles. The molecule has 0 radical (unpaired) electrons. The molecule has 0 atom stereocenters. The topological polar surface area (TPSA) is 77.2 Å². The highest BCUT2D eigenvalue weighted by atomic mass is 16.6. The van der Waals surface area contributed by atoms with Crippen LogP contribution in [0, 0.1) is 13.8 Å². The molecule has 0 unspecified atom stereocenters. The third-order valence-electron chi connectivity index (χ3n) is 3.02. The van der Waals surface area contributed by atoms with E-state index in [2.05, 4.69) is 15.5 Å². The summed E-state index contributed by atoms with van der Waals surface area (Å²) in [4.78, 5) is 15.8. The van der Waals surface area contributed by atoms with Crippen molar-refractivity contribution in [3.05, 3.63) is 35.2 Å². The summed E-state index contributed by atoms with van der Waals surface area (Å²) in [7, 11) is 0. The normalized spacial score (nSPS) is 11.3. The highest BCUT2D eigenvalue weighted by Crippen LogP contribution is 2.19. The van der Waals surface area contributed by atoms with Gasteiger partial charge in [0.05, 0.1) is 0 Å². The summed E-state index contributed by atoms with van der Waals surface area (Å²) in [6, 6.07) is 5.96. The molecule has 0 spiro atoms. The quantitative estimate of drug-likeness (QED) is 0.940. The Hall–Kier alpha value is -2.37. The second-order valence-corrected chi connectivity index (χ2v) is 6.17. The molecule has 0 aliphatic carbocycles. The van der Waals surface area contributed by atoms with Crippen molar-refractivity contribution in [1.82, 2.24) is 15.5 Å². The number of ether oxygens (including phenoxy) is 1. The van der Waals surface area contributed by atoms with Crippen LogP contribution in [-0.2, 0) is 11.3 Å². The lowest BCUT2D eigenvalue weighted by molar-refractivity contribution is 0.0518. The zero-order chi connectivity index (χ0) is 16.3. The van der Waals surface area contributed by atoms with Gasteiger partial charge in [0.15, 0.2) is 0 Å². The number of hydrogen-bond donors (Lipinski definition) is 1. The number of hydrogen-bond acceptors (Lipinski definition) is 5. The zero-order valence-electron chi connectivity index (χ0n) is 13.6. The molecule has 1 aromatic heterocycles. The molecule has 2 aromatic rings. The fourth-order valence-corrected chi connectivity index (χ4v) is 1.79. The number of nitrogens with zero attached hydrogens (tertiary/aromatic N) is 2. The number of aryl methyl sites for hydroxylation is 2. The average molecular weight is 303 g/mol. The van der Waals surface area contributed by atoms with Crippen LogP contribution in [0.15, 0.2) is 22.7 Å². The van der Waals surface area contributed by atoms with Gasteiger partial charge in [-0.25, -0.2) is 4.79 Å². The van der Waals surface area contributed by atoms with Gasteiger partial charge in [0, 0.05) is 5.56 Å². The average Bonchev–Trinajstić information content (AvgIpc) is 2.86. The van der Waals surface area contributed by atoms with Gasteiger partial charge in [-0.2, -0.15) is 4.98 Å². The minimum atomic E-state index is -0.538. The fraction of sp³-hybridized carbons (Fsp3) is 0.438. The zero-order valence-corrected chi connectivity index (χ0v) is 13.6. The van der Waals surface area contributed by atoms with Gasteiger partial charge in [0.25, 0.3) is 0 Å². The summed E-state index contributed by atoms with van der Waals surface area (Å²) < 4.78 is 10.3. The van der Waals surface area contributed by atoms with Gasteiger partial charge in [-0.15, -0.1) is 0 Å². The van der Waals surface area contributed by atoms with Gasteiger partial charge in [-0.3, -0.25) is 0 Å². The lowest BCUT2D eigenvalue weighted by Gasteiger charge is -2.19. The maximum absolute atomic E-state index is 11.6. The van der Waals surface area contributed by atoms with E-state index >= 15 is 0 Å². The Morgan fingerprint density at radius 1 is 1.27 bits per heavy atom. The van der Waals surface area contributed by atoms with E-state index in [1.807, 2.05) is 32.0 Å². The highest BCUT2D eigenvalue weighted by molar-refractivity contribution is 5.67. The maximum atomic E-state index is 11.6. The first kappa shape index (κ1) is 16.0. The molecule has 22 heavy (non-hydrogen) atoms. The summed E-state index contributed by atoms with van der Waals surface area (Å²) in [5, 5.41) is 6.51. The number of amides is 1. The molecule has 1 aromatic carbocycles. The van der Waals surface area contributed by atoms with Crippen LogP contribution in [0.25, 0.3) is 11.4 Å². The molecule has 1 N–H and O–H groups in total. The lowest BCUT2D eigenvalue weighted by Crippen LogP contribution is -2.32. The van der Waals surface area contributed by atoms with E-state index in [4.69, 9.17) is 9.26 Å². The summed E-state index contributed by atoms with van der Waals surface area (Å²) in [5.41, 5.74) is 2.72. The molecule has 0 aliphatic rings. The summed E-state index contributed by atoms with van der Waals surface area (Å²) >= 11 is 0. The highest BCUT2D eigenvalue weighted by Gasteiger charge is 2.17. The maximum Gasteiger partial charge on any atom is 0.408 e. The van der Waals surface area contributed by atoms with Crippen molar-refractivity contribution >= 4 is 6.09 Å². The van der Waals surface area contributed by atoms with E-state index in [1.165, 1.54) is 5.56 Å². The van der Waals surface area contributed by atoms with Crippen molar-refractivity contribution in [1.29, 1.82) is 0 Å². The number of rotatable bonds is 3. The molecular weight excluding hydrogens is 282 g/mol. The van der Waals surface area contributed by atoms with Crippen molar-refractivity contribution in [2.45, 2.75) is 46.8 Å². The molecule has 2 rings (SSSR count). The molecule has 0 bridgehead atoms. The van der Waals surface area contributed by atoms with Crippen LogP contribution >= 0.6 is 0 Å². The second-order valence-electron chi connectivity index (χ2n) is 6.17. The Labute approximate surface area is 129 Å². The molecule has 6 heteroatoms. The summed E-state index contributed by atoms with van der Waals surface area (Å²) in [6.45, 7) is 9.62. The van der Waals surface area contributed by atoms with Gasteiger partial charge < -0.3 is 14.6 Å². The van der Waals surface area contributed by atoms with Crippen LogP contribution in [0.4, 0.5) is 4.79 Å². The monoisotopic (exact) mass is 303 g/mol. The summed E-state index contributed by atoms with van der Waals surface area (Å²) in [5.74, 6) is 0.836. The molecular formula is C16H21N3O3. The lowest BCUT2D eigenvalue weighted by atomic mass is 10.1. The van der Waals surface area contributed by atoms with E-state index < -0.39 is 11.7 Å². The van der Waals surface area contributed by atoms with Gasteiger partial charge in [-0.05, 0) is 51.8 Å². The van der Waals surface area contributed by atoms with Gasteiger partial charge >= 0.3 is 6.09 Å². The molecule has 6 nitrogen and oxygen atoms in total. The van der Waals surface area contributed by atoms with Gasteiger partial charge in [-0.1, -0.05) is 17.3 Å². The van der Waals surface area contributed by atoms with Crippen LogP contribution < -0.4 is 5.32 Å². The van der Waals surface area contributed by atoms with Crippen LogP contribution in [0.3, 0.4) is 0 Å². The molecule has 1 amide bonds. The number of nitrogens with one attached hydrogen (secondary N) is 1. The first-order valence-electron chi connectivity index (χ1n) is 7.12. The van der Waals surface area contributed by atoms with Crippen LogP contribution in [-0.4, -0.2) is 21.8 Å². The first-order chi connectivity index (χ1) is 10.2. The third-order valence-corrected chi connectivity index (χ3v) is 3.02.